The number of nitrogens with one attached hydrogen (secondary N) is 2. The van der Waals surface area contributed by atoms with Gasteiger partial charge in [0.05, 0.1) is 63.4 Å². The number of methoxy groups -OCH3 is 1. The van der Waals surface area contributed by atoms with Gasteiger partial charge in [0.2, 0.25) is 11.8 Å². The lowest BCUT2D eigenvalue weighted by Crippen LogP contribution is -2.52. The number of fused-ring (bicyclic) bond motifs is 3. The number of carbonyl (C=O) groups excluding carboxylic acids is 3. The van der Waals surface area contributed by atoms with Crippen LogP contribution in [0.1, 0.15) is 48.4 Å². The molecule has 4 heterocycles. The Balaban J connectivity index is 1.17. The van der Waals surface area contributed by atoms with Crippen LogP contribution >= 0.6 is 0 Å². The molecule has 3 N–H and O–H groups in total. The van der Waals surface area contributed by atoms with Crippen molar-refractivity contribution in [3.05, 3.63) is 123 Å². The highest BCUT2D eigenvalue weighted by atomic mass is 28.3. The van der Waals surface area contributed by atoms with Crippen LogP contribution in [-0.2, 0) is 44.2 Å². The molecule has 0 radical (unpaired) electrons. The molecule has 0 bridgehead atoms. The molecule has 13 nitrogen and oxygen atoms in total. The van der Waals surface area contributed by atoms with Crippen molar-refractivity contribution in [3.8, 4) is 5.75 Å². The summed E-state index contributed by atoms with van der Waals surface area (Å²) in [7, 11) is -1.06. The Hall–Kier alpha value is -5.41. The molecule has 2 fully saturated rings. The second-order valence-electron chi connectivity index (χ2n) is 17.3. The number of benzene rings is 4. The number of anilines is 2. The molecule has 8 rings (SSSR count). The molecule has 6 atom stereocenters. The van der Waals surface area contributed by atoms with E-state index < -0.39 is 36.7 Å². The number of ether oxygens (including phenoxy) is 2. The topological polar surface area (TPSA) is 164 Å². The number of hydrogen-bond acceptors (Lipinski definition) is 9. The third kappa shape index (κ3) is 7.39. The number of carbonyl (C=O) groups is 3. The zero-order chi connectivity index (χ0) is 42.3. The SMILES string of the molecule is COc1ccc([Si](C)(C)[C@@H]2[C@@H](CC(=O)N3Cc4ccccc4C[C@H]3CO)O[C@]3(C(=O)N(Cc4cccc(NC(=O)C5CCCNC5)c4)c4ccc([N+](=O)[O-])cc43)[C@H]2C)cc1. The molecular formula is C46H53N5O8Si. The van der Waals surface area contributed by atoms with Crippen molar-refractivity contribution in [2.45, 2.75) is 82.1 Å². The minimum Gasteiger partial charge on any atom is -0.497 e. The molecule has 14 heteroatoms. The van der Waals surface area contributed by atoms with Crippen LogP contribution in [0.3, 0.4) is 0 Å². The number of amides is 3. The van der Waals surface area contributed by atoms with Crippen molar-refractivity contribution in [3.63, 3.8) is 0 Å². The lowest BCUT2D eigenvalue weighted by molar-refractivity contribution is -0.385. The predicted octanol–water partition coefficient (Wildman–Crippen LogP) is 5.64. The van der Waals surface area contributed by atoms with E-state index in [-0.39, 0.29) is 54.4 Å². The van der Waals surface area contributed by atoms with E-state index in [4.69, 9.17) is 9.47 Å². The molecule has 4 aromatic rings. The van der Waals surface area contributed by atoms with Crippen molar-refractivity contribution in [2.24, 2.45) is 11.8 Å². The highest BCUT2D eigenvalue weighted by Gasteiger charge is 2.67. The lowest BCUT2D eigenvalue weighted by Gasteiger charge is -2.39. The molecule has 0 aromatic heterocycles. The zero-order valence-electron chi connectivity index (χ0n) is 34.6. The van der Waals surface area contributed by atoms with E-state index in [0.717, 1.165) is 41.3 Å². The number of piperidine rings is 1. The van der Waals surface area contributed by atoms with Gasteiger partial charge in [0.25, 0.3) is 11.6 Å². The second-order valence-corrected chi connectivity index (χ2v) is 22.0. The van der Waals surface area contributed by atoms with Gasteiger partial charge >= 0.3 is 0 Å². The van der Waals surface area contributed by atoms with Gasteiger partial charge in [-0.25, -0.2) is 0 Å². The summed E-state index contributed by atoms with van der Waals surface area (Å²) < 4.78 is 12.7. The van der Waals surface area contributed by atoms with Gasteiger partial charge in [-0.05, 0) is 78.4 Å². The van der Waals surface area contributed by atoms with Crippen LogP contribution in [0.2, 0.25) is 18.6 Å². The Labute approximate surface area is 351 Å². The van der Waals surface area contributed by atoms with Crippen LogP contribution in [0.4, 0.5) is 17.1 Å². The molecule has 314 valence electrons. The van der Waals surface area contributed by atoms with Crippen molar-refractivity contribution < 1.29 is 33.9 Å². The Morgan fingerprint density at radius 2 is 1.82 bits per heavy atom. The highest BCUT2D eigenvalue weighted by molar-refractivity contribution is 6.91. The van der Waals surface area contributed by atoms with Crippen molar-refractivity contribution >= 4 is 48.0 Å². The van der Waals surface area contributed by atoms with Gasteiger partial charge in [-0.3, -0.25) is 24.5 Å². The number of nitrogens with zero attached hydrogens (tertiary/aromatic N) is 3. The fourth-order valence-corrected chi connectivity index (χ4v) is 14.4. The van der Waals surface area contributed by atoms with E-state index in [0.29, 0.717) is 42.2 Å². The molecule has 2 saturated heterocycles. The molecular weight excluding hydrogens is 779 g/mol. The molecule has 4 aliphatic rings. The number of non-ortho nitro benzene ring substituents is 1. The molecule has 1 spiro atoms. The summed E-state index contributed by atoms with van der Waals surface area (Å²) >= 11 is 0. The quantitative estimate of drug-likeness (QED) is 0.0987. The number of hydrogen-bond donors (Lipinski definition) is 3. The smallest absolute Gasteiger partial charge is 0.269 e. The number of nitro groups is 1. The Morgan fingerprint density at radius 3 is 2.52 bits per heavy atom. The summed E-state index contributed by atoms with van der Waals surface area (Å²) in [4.78, 5) is 58.4. The maximum Gasteiger partial charge on any atom is 0.269 e. The Bertz CT molecular complexity index is 2300. The third-order valence-electron chi connectivity index (χ3n) is 13.5. The van der Waals surface area contributed by atoms with Crippen molar-refractivity contribution in [1.82, 2.24) is 10.2 Å². The van der Waals surface area contributed by atoms with E-state index in [2.05, 4.69) is 23.7 Å². The van der Waals surface area contributed by atoms with E-state index >= 15 is 4.79 Å². The third-order valence-corrected chi connectivity index (χ3v) is 17.9. The van der Waals surface area contributed by atoms with Crippen LogP contribution in [0.25, 0.3) is 0 Å². The average molecular weight is 832 g/mol. The van der Waals surface area contributed by atoms with Gasteiger partial charge in [-0.1, -0.05) is 73.7 Å². The van der Waals surface area contributed by atoms with Crippen LogP contribution in [-0.4, -0.2) is 79.7 Å². The first-order valence-electron chi connectivity index (χ1n) is 20.9. The molecule has 4 aromatic carbocycles. The first kappa shape index (κ1) is 41.3. The van der Waals surface area contributed by atoms with Gasteiger partial charge in [0.1, 0.15) is 5.75 Å². The summed E-state index contributed by atoms with van der Waals surface area (Å²) in [5.41, 5.74) is 2.29. The summed E-state index contributed by atoms with van der Waals surface area (Å²) in [6.45, 7) is 8.21. The van der Waals surface area contributed by atoms with E-state index in [9.17, 15) is 24.8 Å². The van der Waals surface area contributed by atoms with Crippen LogP contribution < -0.4 is 25.5 Å². The summed E-state index contributed by atoms with van der Waals surface area (Å²) in [6.07, 6.45) is 1.48. The van der Waals surface area contributed by atoms with Gasteiger partial charge in [-0.2, -0.15) is 0 Å². The molecule has 0 saturated carbocycles. The molecule has 0 aliphatic carbocycles. The fourth-order valence-electron chi connectivity index (χ4n) is 10.4. The van der Waals surface area contributed by atoms with Crippen LogP contribution in [0.5, 0.6) is 5.75 Å². The first-order chi connectivity index (χ1) is 28.8. The molecule has 1 unspecified atom stereocenters. The normalized spacial score (nSPS) is 24.9. The fraction of sp³-hybridized carbons (Fsp3) is 0.413. The van der Waals surface area contributed by atoms with Gasteiger partial charge < -0.3 is 35.0 Å². The van der Waals surface area contributed by atoms with Crippen molar-refractivity contribution in [1.29, 1.82) is 0 Å². The number of aliphatic hydroxyl groups excluding tert-OH is 1. The molecule has 4 aliphatic heterocycles. The number of nitro benzene ring substituents is 1. The number of aliphatic hydroxyl groups is 1. The maximum absolute atomic E-state index is 15.4. The van der Waals surface area contributed by atoms with Gasteiger partial charge in [0.15, 0.2) is 5.60 Å². The van der Waals surface area contributed by atoms with E-state index in [1.54, 1.807) is 23.0 Å². The zero-order valence-corrected chi connectivity index (χ0v) is 35.6. The predicted molar refractivity (Wildman–Crippen MR) is 231 cm³/mol. The van der Waals surface area contributed by atoms with Crippen molar-refractivity contribution in [2.75, 3.05) is 37.0 Å². The Morgan fingerprint density at radius 1 is 1.05 bits per heavy atom. The highest BCUT2D eigenvalue weighted by Crippen LogP contribution is 2.60. The first-order valence-corrected chi connectivity index (χ1v) is 23.9. The Kier molecular flexibility index (Phi) is 11.4. The maximum atomic E-state index is 15.4. The summed E-state index contributed by atoms with van der Waals surface area (Å²) in [6, 6.07) is 27.3. The lowest BCUT2D eigenvalue weighted by atomic mass is 9.82. The number of rotatable bonds is 11. The second kappa shape index (κ2) is 16.6. The van der Waals surface area contributed by atoms with E-state index in [1.807, 2.05) is 79.7 Å². The summed E-state index contributed by atoms with van der Waals surface area (Å²) in [5.74, 6) is -0.539. The minimum absolute atomic E-state index is 0.0438. The monoisotopic (exact) mass is 831 g/mol. The summed E-state index contributed by atoms with van der Waals surface area (Å²) in [5, 5.41) is 30.3. The molecule has 60 heavy (non-hydrogen) atoms. The van der Waals surface area contributed by atoms with E-state index in [1.165, 1.54) is 12.1 Å². The standard InChI is InChI=1S/C46H53N5O8Si/c1-29-43(60(3,4)38-17-15-37(58-2)16-18-38)41(24-42(53)49-27-33-11-6-5-10-31(33)22-36(49)28-52)59-46(29)39-23-35(51(56)57)14-19-40(39)50(45(46)55)26-30-9-7-13-34(21-30)48-44(54)32-12-8-20-47-25-32/h5-7,9-11,13-19,21,23,29,32,36,41,43,47,52H,8,12,20,22,24-28H2,1-4H3,(H,48,54)/t29-,32?,36-,41+,43-,46+/m0/s1. The molecule has 3 amide bonds. The van der Waals surface area contributed by atoms with Crippen LogP contribution in [0.15, 0.2) is 91.0 Å². The minimum atomic E-state index is -2.67. The average Bonchev–Trinajstić information content (AvgIpc) is 3.68. The van der Waals surface area contributed by atoms with Gasteiger partial charge in [-0.15, -0.1) is 0 Å². The van der Waals surface area contributed by atoms with Crippen LogP contribution in [0, 0.1) is 22.0 Å². The largest absolute Gasteiger partial charge is 0.497 e. The van der Waals surface area contributed by atoms with Gasteiger partial charge in [0, 0.05) is 42.4 Å².